The van der Waals surface area contributed by atoms with E-state index in [1.54, 1.807) is 14.1 Å². The number of phenolic OH excluding ortho intramolecular Hbond substituents is 1. The molecule has 0 aromatic heterocycles. The highest BCUT2D eigenvalue weighted by Gasteiger charge is 2.63. The summed E-state index contributed by atoms with van der Waals surface area (Å²) in [4.78, 5) is 55.9. The molecule has 202 valence electrons. The number of likely N-dealkylation sites (tertiary alicyclic amines) is 1. The fourth-order valence-corrected chi connectivity index (χ4v) is 6.74. The first-order valence-corrected chi connectivity index (χ1v) is 12.6. The molecule has 4 atom stereocenters. The Hall–Kier alpha value is -3.54. The molecular weight excluding hydrogens is 494 g/mol. The fraction of sp³-hybridized carbons (Fsp3) is 0.481. The van der Waals surface area contributed by atoms with E-state index >= 15 is 0 Å². The van der Waals surface area contributed by atoms with Crippen LogP contribution < -0.4 is 5.73 Å². The van der Waals surface area contributed by atoms with Crippen molar-refractivity contribution in [3.05, 3.63) is 51.5 Å². The average molecular weight is 526 g/mol. The first kappa shape index (κ1) is 26.1. The Kier molecular flexibility index (Phi) is 6.20. The number of carbonyl (C=O) groups excluding carboxylic acids is 4. The molecule has 1 saturated heterocycles. The summed E-state index contributed by atoms with van der Waals surface area (Å²) in [6, 6.07) is 1.68. The van der Waals surface area contributed by atoms with Gasteiger partial charge in [-0.3, -0.25) is 29.0 Å². The van der Waals surface area contributed by atoms with Crippen molar-refractivity contribution in [2.24, 2.45) is 17.6 Å². The third-order valence-corrected chi connectivity index (χ3v) is 8.47. The SMILES string of the molecule is CN(C)[C@@H]1C(O)=C(C(N)=O)C(=O)[C@@]2(O)C(O)=C3C(=O)c4c(O)ccc(C(=O)CN5CCCC5)c4C[C@H]3C[C@@H]12. The van der Waals surface area contributed by atoms with Gasteiger partial charge in [0.05, 0.1) is 18.2 Å². The molecule has 0 unspecified atom stereocenters. The lowest BCUT2D eigenvalue weighted by molar-refractivity contribution is -0.148. The molecule has 38 heavy (non-hydrogen) atoms. The van der Waals surface area contributed by atoms with E-state index in [-0.39, 0.29) is 42.1 Å². The predicted octanol–water partition coefficient (Wildman–Crippen LogP) is 0.399. The van der Waals surface area contributed by atoms with Crippen LogP contribution in [0.25, 0.3) is 0 Å². The van der Waals surface area contributed by atoms with Crippen molar-refractivity contribution in [1.29, 1.82) is 0 Å². The molecule has 1 heterocycles. The fourth-order valence-electron chi connectivity index (χ4n) is 6.74. The van der Waals surface area contributed by atoms with Gasteiger partial charge in [-0.2, -0.15) is 0 Å². The molecule has 0 spiro atoms. The number of aromatic hydroxyl groups is 1. The minimum Gasteiger partial charge on any atom is -0.510 e. The molecule has 11 heteroatoms. The number of Topliss-reactive ketones (excluding diaryl/α,β-unsaturated/α-hetero) is 3. The maximum absolute atomic E-state index is 13.7. The molecule has 3 aliphatic carbocycles. The normalized spacial score (nSPS) is 29.4. The number of allylic oxidation sites excluding steroid dienone is 1. The third-order valence-electron chi connectivity index (χ3n) is 8.47. The lowest BCUT2D eigenvalue weighted by Gasteiger charge is -2.50. The van der Waals surface area contributed by atoms with Gasteiger partial charge < -0.3 is 26.2 Å². The zero-order chi connectivity index (χ0) is 27.7. The van der Waals surface area contributed by atoms with E-state index in [1.165, 1.54) is 17.0 Å². The van der Waals surface area contributed by atoms with Crippen LogP contribution in [0.15, 0.2) is 34.8 Å². The molecular formula is C27H31N3O8. The van der Waals surface area contributed by atoms with Crippen molar-refractivity contribution in [3.8, 4) is 5.75 Å². The zero-order valence-corrected chi connectivity index (χ0v) is 21.2. The van der Waals surface area contributed by atoms with Gasteiger partial charge in [0, 0.05) is 17.1 Å². The highest BCUT2D eigenvalue weighted by atomic mass is 16.3. The molecule has 6 N–H and O–H groups in total. The van der Waals surface area contributed by atoms with Crippen molar-refractivity contribution in [1.82, 2.24) is 9.80 Å². The van der Waals surface area contributed by atoms with E-state index in [0.29, 0.717) is 11.1 Å². The average Bonchev–Trinajstić information content (AvgIpc) is 3.34. The zero-order valence-electron chi connectivity index (χ0n) is 21.2. The van der Waals surface area contributed by atoms with E-state index in [9.17, 15) is 39.6 Å². The van der Waals surface area contributed by atoms with Crippen molar-refractivity contribution in [2.45, 2.75) is 37.3 Å². The number of amides is 1. The number of ketones is 3. The number of fused-ring (bicyclic) bond motifs is 3. The van der Waals surface area contributed by atoms with Gasteiger partial charge in [-0.05, 0) is 76.5 Å². The number of nitrogens with two attached hydrogens (primary N) is 1. The Balaban J connectivity index is 1.64. The molecule has 0 saturated carbocycles. The number of benzene rings is 1. The first-order chi connectivity index (χ1) is 17.9. The van der Waals surface area contributed by atoms with E-state index in [2.05, 4.69) is 0 Å². The van der Waals surface area contributed by atoms with Crippen molar-refractivity contribution < 1.29 is 39.6 Å². The van der Waals surface area contributed by atoms with Crippen LogP contribution >= 0.6 is 0 Å². The minimum atomic E-state index is -2.69. The van der Waals surface area contributed by atoms with Crippen LogP contribution in [0, 0.1) is 11.8 Å². The molecule has 1 aromatic rings. The maximum Gasteiger partial charge on any atom is 0.255 e. The number of phenols is 1. The van der Waals surface area contributed by atoms with Gasteiger partial charge in [-0.1, -0.05) is 0 Å². The van der Waals surface area contributed by atoms with Gasteiger partial charge in [0.2, 0.25) is 5.78 Å². The summed E-state index contributed by atoms with van der Waals surface area (Å²) >= 11 is 0. The smallest absolute Gasteiger partial charge is 0.255 e. The summed E-state index contributed by atoms with van der Waals surface area (Å²) in [6.07, 6.45) is 2.07. The Bertz CT molecular complexity index is 1340. The van der Waals surface area contributed by atoms with Gasteiger partial charge >= 0.3 is 0 Å². The quantitative estimate of drug-likeness (QED) is 0.267. The second-order valence-corrected chi connectivity index (χ2v) is 10.9. The number of nitrogens with zero attached hydrogens (tertiary/aromatic N) is 2. The number of hydrogen-bond donors (Lipinski definition) is 5. The Morgan fingerprint density at radius 3 is 2.39 bits per heavy atom. The van der Waals surface area contributed by atoms with Crippen LogP contribution in [0.5, 0.6) is 5.75 Å². The van der Waals surface area contributed by atoms with Gasteiger partial charge in [-0.15, -0.1) is 0 Å². The summed E-state index contributed by atoms with van der Waals surface area (Å²) in [6.45, 7) is 1.79. The molecule has 1 aromatic carbocycles. The number of carbonyl (C=O) groups is 4. The van der Waals surface area contributed by atoms with Crippen LogP contribution in [0.2, 0.25) is 0 Å². The molecule has 0 radical (unpaired) electrons. The minimum absolute atomic E-state index is 0.0266. The number of aliphatic hydroxyl groups is 3. The number of rotatable bonds is 5. The standard InChI is InChI=1S/C27H31N3O8/c1-29(2)21-15-10-12-9-14-13(17(32)11-30-7-3-4-8-30)5-6-16(31)19(14)22(33)18(12)24(35)27(15,38)25(36)20(23(21)34)26(28)37/h5-6,12,15,21,31,34-35,38H,3-4,7-11H2,1-2H3,(H2,28,37)/t12-,15-,21-,27-/m0/s1. The Labute approximate surface area is 218 Å². The van der Waals surface area contributed by atoms with Crippen molar-refractivity contribution in [3.63, 3.8) is 0 Å². The molecule has 5 rings (SSSR count). The molecule has 1 aliphatic heterocycles. The predicted molar refractivity (Wildman–Crippen MR) is 134 cm³/mol. The first-order valence-electron chi connectivity index (χ1n) is 12.6. The monoisotopic (exact) mass is 525 g/mol. The highest BCUT2D eigenvalue weighted by Crippen LogP contribution is 2.52. The topological polar surface area (TPSA) is 182 Å². The summed E-state index contributed by atoms with van der Waals surface area (Å²) in [5.41, 5.74) is 2.06. The van der Waals surface area contributed by atoms with E-state index in [4.69, 9.17) is 5.73 Å². The van der Waals surface area contributed by atoms with Gasteiger partial charge in [0.25, 0.3) is 5.91 Å². The van der Waals surface area contributed by atoms with Crippen LogP contribution in [0.1, 0.15) is 45.5 Å². The maximum atomic E-state index is 13.7. The van der Waals surface area contributed by atoms with Gasteiger partial charge in [0.1, 0.15) is 22.8 Å². The number of hydrogen-bond acceptors (Lipinski definition) is 10. The molecule has 1 amide bonds. The van der Waals surface area contributed by atoms with E-state index in [1.807, 2.05) is 4.90 Å². The van der Waals surface area contributed by atoms with Crippen LogP contribution in [0.3, 0.4) is 0 Å². The van der Waals surface area contributed by atoms with E-state index in [0.717, 1.165) is 25.9 Å². The second kappa shape index (κ2) is 9.04. The summed E-state index contributed by atoms with van der Waals surface area (Å²) in [7, 11) is 3.14. The van der Waals surface area contributed by atoms with Crippen LogP contribution in [-0.2, 0) is 16.0 Å². The highest BCUT2D eigenvalue weighted by molar-refractivity contribution is 6.25. The number of aliphatic hydroxyl groups excluding tert-OH is 2. The van der Waals surface area contributed by atoms with Crippen molar-refractivity contribution >= 4 is 23.3 Å². The lowest BCUT2D eigenvalue weighted by Crippen LogP contribution is -2.63. The molecule has 0 bridgehead atoms. The lowest BCUT2D eigenvalue weighted by atomic mass is 9.58. The molecule has 1 fully saturated rings. The summed E-state index contributed by atoms with van der Waals surface area (Å²) < 4.78 is 0. The van der Waals surface area contributed by atoms with Crippen LogP contribution in [-0.4, -0.2) is 98.9 Å². The number of likely N-dealkylation sites (N-methyl/N-ethyl adjacent to an activating group) is 1. The summed E-state index contributed by atoms with van der Waals surface area (Å²) in [5.74, 6) is -7.32. The second-order valence-electron chi connectivity index (χ2n) is 10.9. The van der Waals surface area contributed by atoms with Gasteiger partial charge in [0.15, 0.2) is 17.2 Å². The molecule has 4 aliphatic rings. The Morgan fingerprint density at radius 2 is 1.79 bits per heavy atom. The van der Waals surface area contributed by atoms with Crippen LogP contribution in [0.4, 0.5) is 0 Å². The van der Waals surface area contributed by atoms with Crippen molar-refractivity contribution in [2.75, 3.05) is 33.7 Å². The molecule has 11 nitrogen and oxygen atoms in total. The largest absolute Gasteiger partial charge is 0.510 e. The summed E-state index contributed by atoms with van der Waals surface area (Å²) in [5, 5.41) is 44.4. The van der Waals surface area contributed by atoms with Gasteiger partial charge in [-0.25, -0.2) is 0 Å². The third kappa shape index (κ3) is 3.60. The van der Waals surface area contributed by atoms with E-state index < -0.39 is 58.0 Å². The number of primary amides is 1. The Morgan fingerprint density at radius 1 is 1.13 bits per heavy atom.